The molecule has 1 heterocycles. The van der Waals surface area contributed by atoms with Crippen LogP contribution in [0.1, 0.15) is 22.4 Å². The molecule has 0 atom stereocenters. The average Bonchev–Trinajstić information content (AvgIpc) is 2.79. The van der Waals surface area contributed by atoms with Gasteiger partial charge < -0.3 is 9.88 Å². The zero-order chi connectivity index (χ0) is 15.5. The Morgan fingerprint density at radius 2 is 1.76 bits per heavy atom. The number of aromatic nitrogens is 1. The molecule has 0 saturated heterocycles. The quantitative estimate of drug-likeness (QED) is 0.940. The third-order valence-corrected chi connectivity index (χ3v) is 3.12. The molecule has 0 radical (unpaired) electrons. The molecule has 0 aliphatic carbocycles. The lowest BCUT2D eigenvalue weighted by Crippen LogP contribution is -2.12. The second-order valence-electron chi connectivity index (χ2n) is 4.75. The fourth-order valence-corrected chi connectivity index (χ4v) is 2.00. The molecule has 1 aromatic heterocycles. The van der Waals surface area contributed by atoms with Crippen molar-refractivity contribution < 1.29 is 13.2 Å². The highest BCUT2D eigenvalue weighted by Gasteiger charge is 2.29. The van der Waals surface area contributed by atoms with Gasteiger partial charge in [0, 0.05) is 26.3 Å². The van der Waals surface area contributed by atoms with Crippen LogP contribution >= 0.6 is 0 Å². The van der Waals surface area contributed by atoms with E-state index in [1.807, 2.05) is 6.20 Å². The topological polar surface area (TPSA) is 40.8 Å². The van der Waals surface area contributed by atoms with Crippen molar-refractivity contribution in [3.63, 3.8) is 0 Å². The van der Waals surface area contributed by atoms with Gasteiger partial charge in [0.2, 0.25) is 0 Å². The number of rotatable bonds is 4. The Morgan fingerprint density at radius 1 is 1.14 bits per heavy atom. The van der Waals surface area contributed by atoms with Gasteiger partial charge in [-0.05, 0) is 29.3 Å². The summed E-state index contributed by atoms with van der Waals surface area (Å²) >= 11 is 0. The molecule has 0 bridgehead atoms. The van der Waals surface area contributed by atoms with E-state index in [0.717, 1.165) is 23.3 Å². The molecule has 0 unspecified atom stereocenters. The lowest BCUT2D eigenvalue weighted by Gasteiger charge is -2.08. The van der Waals surface area contributed by atoms with Gasteiger partial charge >= 0.3 is 6.18 Å². The summed E-state index contributed by atoms with van der Waals surface area (Å²) in [5, 5.41) is 12.0. The Kier molecular flexibility index (Phi) is 4.34. The van der Waals surface area contributed by atoms with Crippen LogP contribution in [-0.2, 0) is 26.3 Å². The van der Waals surface area contributed by atoms with Crippen molar-refractivity contribution in [2.24, 2.45) is 7.05 Å². The minimum absolute atomic E-state index is 0.467. The normalized spacial score (nSPS) is 11.4. The van der Waals surface area contributed by atoms with Crippen molar-refractivity contribution in [3.8, 4) is 6.07 Å². The van der Waals surface area contributed by atoms with Crippen LogP contribution in [0.3, 0.4) is 0 Å². The molecule has 0 spiro atoms. The van der Waals surface area contributed by atoms with Crippen molar-refractivity contribution in [2.75, 3.05) is 0 Å². The van der Waals surface area contributed by atoms with E-state index in [2.05, 4.69) is 11.4 Å². The molecule has 1 N–H and O–H groups in total. The number of nitrogens with zero attached hydrogens (tertiary/aromatic N) is 2. The number of hydrogen-bond acceptors (Lipinski definition) is 2. The highest BCUT2D eigenvalue weighted by Crippen LogP contribution is 2.29. The Balaban J connectivity index is 1.90. The van der Waals surface area contributed by atoms with Gasteiger partial charge in [0.25, 0.3) is 0 Å². The molecule has 1 aromatic carbocycles. The fourth-order valence-electron chi connectivity index (χ4n) is 2.00. The second-order valence-corrected chi connectivity index (χ2v) is 4.75. The third kappa shape index (κ3) is 3.86. The lowest BCUT2D eigenvalue weighted by atomic mass is 10.1. The summed E-state index contributed by atoms with van der Waals surface area (Å²) in [5.74, 6) is 0. The maximum atomic E-state index is 12.4. The molecule has 0 amide bonds. The van der Waals surface area contributed by atoms with Crippen LogP contribution in [0.25, 0.3) is 0 Å². The Hall–Kier alpha value is -2.26. The first kappa shape index (κ1) is 15.1. The molecular formula is C15H14F3N3. The summed E-state index contributed by atoms with van der Waals surface area (Å²) in [5.41, 5.74) is 1.66. The van der Waals surface area contributed by atoms with E-state index in [4.69, 9.17) is 5.26 Å². The zero-order valence-corrected chi connectivity index (χ0v) is 11.4. The third-order valence-electron chi connectivity index (χ3n) is 3.12. The van der Waals surface area contributed by atoms with Gasteiger partial charge in [0.1, 0.15) is 11.8 Å². The van der Waals surface area contributed by atoms with E-state index in [9.17, 15) is 13.2 Å². The van der Waals surface area contributed by atoms with E-state index in [0.29, 0.717) is 18.8 Å². The van der Waals surface area contributed by atoms with Gasteiger partial charge in [-0.2, -0.15) is 18.4 Å². The van der Waals surface area contributed by atoms with Gasteiger partial charge in [-0.15, -0.1) is 0 Å². The van der Waals surface area contributed by atoms with Crippen LogP contribution < -0.4 is 5.32 Å². The number of aryl methyl sites for hydroxylation is 1. The minimum Gasteiger partial charge on any atom is -0.342 e. The molecule has 110 valence electrons. The Labute approximate surface area is 120 Å². The zero-order valence-electron chi connectivity index (χ0n) is 11.4. The van der Waals surface area contributed by atoms with Crippen molar-refractivity contribution >= 4 is 0 Å². The van der Waals surface area contributed by atoms with Crippen molar-refractivity contribution in [1.82, 2.24) is 9.88 Å². The Bertz CT molecular complexity index is 648. The minimum atomic E-state index is -4.30. The maximum absolute atomic E-state index is 12.4. The fraction of sp³-hybridized carbons (Fsp3) is 0.267. The van der Waals surface area contributed by atoms with Crippen LogP contribution in [0.4, 0.5) is 13.2 Å². The number of halogens is 3. The van der Waals surface area contributed by atoms with Crippen LogP contribution in [0.15, 0.2) is 36.5 Å². The average molecular weight is 293 g/mol. The molecule has 21 heavy (non-hydrogen) atoms. The van der Waals surface area contributed by atoms with Gasteiger partial charge in [-0.25, -0.2) is 0 Å². The predicted octanol–water partition coefficient (Wildman–Crippen LogP) is 3.21. The first-order valence-corrected chi connectivity index (χ1v) is 6.32. The summed E-state index contributed by atoms with van der Waals surface area (Å²) in [6.45, 7) is 1.02. The molecule has 2 rings (SSSR count). The summed E-state index contributed by atoms with van der Waals surface area (Å²) in [6.07, 6.45) is -2.46. The molecule has 0 aliphatic heterocycles. The van der Waals surface area contributed by atoms with Crippen LogP contribution in [-0.4, -0.2) is 4.57 Å². The first-order chi connectivity index (χ1) is 9.90. The van der Waals surface area contributed by atoms with E-state index in [-0.39, 0.29) is 0 Å². The van der Waals surface area contributed by atoms with Gasteiger partial charge in [-0.1, -0.05) is 12.1 Å². The number of alkyl halides is 3. The largest absolute Gasteiger partial charge is 0.416 e. The van der Waals surface area contributed by atoms with E-state index in [1.165, 1.54) is 12.1 Å². The van der Waals surface area contributed by atoms with Crippen molar-refractivity contribution in [1.29, 1.82) is 5.26 Å². The standard InChI is InChI=1S/C15H14F3N3/c1-21-10-12(6-14(21)7-19)9-20-8-11-2-4-13(5-3-11)15(16,17)18/h2-6,10,20H,8-9H2,1H3. The van der Waals surface area contributed by atoms with Gasteiger partial charge in [0.15, 0.2) is 0 Å². The number of benzene rings is 1. The molecule has 0 saturated carbocycles. The van der Waals surface area contributed by atoms with Crippen molar-refractivity contribution in [2.45, 2.75) is 19.3 Å². The SMILES string of the molecule is Cn1cc(CNCc2ccc(C(F)(F)F)cc2)cc1C#N. The molecule has 2 aromatic rings. The summed E-state index contributed by atoms with van der Waals surface area (Å²) < 4.78 is 39.0. The summed E-state index contributed by atoms with van der Waals surface area (Å²) in [7, 11) is 1.79. The number of nitriles is 1. The monoisotopic (exact) mass is 293 g/mol. The molecule has 3 nitrogen and oxygen atoms in total. The van der Waals surface area contributed by atoms with Crippen LogP contribution in [0.5, 0.6) is 0 Å². The Morgan fingerprint density at radius 3 is 2.29 bits per heavy atom. The number of nitrogens with one attached hydrogen (secondary N) is 1. The maximum Gasteiger partial charge on any atom is 0.416 e. The van der Waals surface area contributed by atoms with Gasteiger partial charge in [0.05, 0.1) is 5.56 Å². The lowest BCUT2D eigenvalue weighted by molar-refractivity contribution is -0.137. The van der Waals surface area contributed by atoms with Crippen LogP contribution in [0, 0.1) is 11.3 Å². The molecule has 0 fully saturated rings. The summed E-state index contributed by atoms with van der Waals surface area (Å²) in [6, 6.07) is 8.92. The van der Waals surface area contributed by atoms with Crippen molar-refractivity contribution in [3.05, 3.63) is 58.9 Å². The highest BCUT2D eigenvalue weighted by molar-refractivity contribution is 5.28. The highest BCUT2D eigenvalue weighted by atomic mass is 19.4. The smallest absolute Gasteiger partial charge is 0.342 e. The predicted molar refractivity (Wildman–Crippen MR) is 72.1 cm³/mol. The number of hydrogen-bond donors (Lipinski definition) is 1. The first-order valence-electron chi connectivity index (χ1n) is 6.32. The van der Waals surface area contributed by atoms with E-state index in [1.54, 1.807) is 17.7 Å². The molecule has 0 aliphatic rings. The molecule has 6 heteroatoms. The van der Waals surface area contributed by atoms with E-state index >= 15 is 0 Å². The second kappa shape index (κ2) is 6.02. The molecular weight excluding hydrogens is 279 g/mol. The van der Waals surface area contributed by atoms with E-state index < -0.39 is 11.7 Å². The summed E-state index contributed by atoms with van der Waals surface area (Å²) in [4.78, 5) is 0. The van der Waals surface area contributed by atoms with Crippen LogP contribution in [0.2, 0.25) is 0 Å². The van der Waals surface area contributed by atoms with Gasteiger partial charge in [-0.3, -0.25) is 0 Å².